The van der Waals surface area contributed by atoms with Crippen LogP contribution in [-0.4, -0.2) is 35.7 Å². The van der Waals surface area contributed by atoms with E-state index in [0.717, 1.165) is 19.6 Å². The first-order chi connectivity index (χ1) is 6.97. The van der Waals surface area contributed by atoms with Gasteiger partial charge in [-0.1, -0.05) is 34.1 Å². The molecule has 0 bridgehead atoms. The lowest BCUT2D eigenvalue weighted by Gasteiger charge is -2.39. The van der Waals surface area contributed by atoms with Crippen molar-refractivity contribution >= 4 is 0 Å². The van der Waals surface area contributed by atoms with Crippen LogP contribution in [0.5, 0.6) is 0 Å². The molecule has 90 valence electrons. The molecule has 1 aliphatic rings. The molecular weight excluding hydrogens is 186 g/mol. The molecule has 0 saturated carbocycles. The van der Waals surface area contributed by atoms with Crippen molar-refractivity contribution in [2.24, 2.45) is 11.3 Å². The summed E-state index contributed by atoms with van der Waals surface area (Å²) in [6.45, 7) is 12.0. The summed E-state index contributed by atoms with van der Waals surface area (Å²) in [5, 5.41) is 9.82. The van der Waals surface area contributed by atoms with Gasteiger partial charge in [-0.15, -0.1) is 0 Å². The number of aliphatic hydroxyl groups excluding tert-OH is 1. The van der Waals surface area contributed by atoms with Gasteiger partial charge in [0, 0.05) is 6.54 Å². The average Bonchev–Trinajstić information content (AvgIpc) is 2.21. The maximum atomic E-state index is 9.82. The van der Waals surface area contributed by atoms with Crippen molar-refractivity contribution in [3.63, 3.8) is 0 Å². The summed E-state index contributed by atoms with van der Waals surface area (Å²) in [6, 6.07) is 0. The van der Waals surface area contributed by atoms with Gasteiger partial charge in [-0.05, 0) is 37.3 Å². The van der Waals surface area contributed by atoms with Crippen LogP contribution in [0.3, 0.4) is 0 Å². The topological polar surface area (TPSA) is 23.5 Å². The fourth-order valence-electron chi connectivity index (χ4n) is 2.10. The van der Waals surface area contributed by atoms with E-state index in [9.17, 15) is 5.11 Å². The molecule has 15 heavy (non-hydrogen) atoms. The molecule has 1 atom stereocenters. The van der Waals surface area contributed by atoms with Crippen LogP contribution < -0.4 is 0 Å². The van der Waals surface area contributed by atoms with Crippen molar-refractivity contribution in [2.75, 3.05) is 19.6 Å². The van der Waals surface area contributed by atoms with E-state index in [4.69, 9.17) is 0 Å². The van der Waals surface area contributed by atoms with Crippen molar-refractivity contribution in [3.8, 4) is 0 Å². The van der Waals surface area contributed by atoms with Gasteiger partial charge >= 0.3 is 0 Å². The molecule has 1 N–H and O–H groups in total. The lowest BCUT2D eigenvalue weighted by molar-refractivity contribution is 0.0425. The Morgan fingerprint density at radius 3 is 2.20 bits per heavy atom. The number of piperidine rings is 1. The Kier molecular flexibility index (Phi) is 4.60. The molecule has 0 radical (unpaired) electrons. The van der Waals surface area contributed by atoms with E-state index in [2.05, 4.69) is 32.6 Å². The Bertz CT molecular complexity index is 183. The molecule has 1 saturated heterocycles. The quantitative estimate of drug-likeness (QED) is 0.775. The van der Waals surface area contributed by atoms with Crippen molar-refractivity contribution in [1.29, 1.82) is 0 Å². The second-order valence-corrected chi connectivity index (χ2v) is 5.78. The van der Waals surface area contributed by atoms with Gasteiger partial charge in [0.25, 0.3) is 0 Å². The maximum absolute atomic E-state index is 9.82. The number of rotatable bonds is 4. The van der Waals surface area contributed by atoms with E-state index in [-0.39, 0.29) is 6.10 Å². The van der Waals surface area contributed by atoms with E-state index < -0.39 is 0 Å². The van der Waals surface area contributed by atoms with E-state index >= 15 is 0 Å². The van der Waals surface area contributed by atoms with Crippen molar-refractivity contribution < 1.29 is 5.11 Å². The SMILES string of the molecule is CCC1(C)CCN(CC(O)C(C)C)CC1. The highest BCUT2D eigenvalue weighted by atomic mass is 16.3. The molecule has 1 unspecified atom stereocenters. The number of β-amino-alcohol motifs (C(OH)–C–C–N with tert-alkyl or cyclic N) is 1. The number of hydrogen-bond acceptors (Lipinski definition) is 2. The molecule has 2 nitrogen and oxygen atoms in total. The maximum Gasteiger partial charge on any atom is 0.0689 e. The predicted octanol–water partition coefficient (Wildman–Crippen LogP) is 2.52. The minimum absolute atomic E-state index is 0.156. The third kappa shape index (κ3) is 3.76. The third-order valence-electron chi connectivity index (χ3n) is 4.13. The van der Waals surface area contributed by atoms with Crippen LogP contribution in [0, 0.1) is 11.3 Å². The zero-order valence-electron chi connectivity index (χ0n) is 10.8. The molecule has 1 heterocycles. The minimum Gasteiger partial charge on any atom is -0.392 e. The van der Waals surface area contributed by atoms with Gasteiger partial charge in [0.15, 0.2) is 0 Å². The predicted molar refractivity (Wildman–Crippen MR) is 64.9 cm³/mol. The summed E-state index contributed by atoms with van der Waals surface area (Å²) in [5.41, 5.74) is 0.555. The van der Waals surface area contributed by atoms with Crippen LogP contribution in [0.25, 0.3) is 0 Å². The van der Waals surface area contributed by atoms with Crippen LogP contribution in [0.15, 0.2) is 0 Å². The second kappa shape index (κ2) is 5.31. The lowest BCUT2D eigenvalue weighted by Crippen LogP contribution is -2.43. The zero-order chi connectivity index (χ0) is 11.5. The molecule has 1 aliphatic heterocycles. The van der Waals surface area contributed by atoms with Crippen molar-refractivity contribution in [1.82, 2.24) is 4.90 Å². The largest absolute Gasteiger partial charge is 0.392 e. The number of nitrogens with zero attached hydrogens (tertiary/aromatic N) is 1. The molecule has 1 fully saturated rings. The van der Waals surface area contributed by atoms with E-state index in [1.54, 1.807) is 0 Å². The van der Waals surface area contributed by atoms with Gasteiger partial charge in [0.1, 0.15) is 0 Å². The monoisotopic (exact) mass is 213 g/mol. The molecule has 0 aromatic rings. The van der Waals surface area contributed by atoms with Crippen LogP contribution in [0.2, 0.25) is 0 Å². The Balaban J connectivity index is 2.32. The summed E-state index contributed by atoms with van der Waals surface area (Å²) in [7, 11) is 0. The second-order valence-electron chi connectivity index (χ2n) is 5.78. The molecule has 1 rings (SSSR count). The van der Waals surface area contributed by atoms with Gasteiger partial charge < -0.3 is 10.0 Å². The minimum atomic E-state index is -0.156. The van der Waals surface area contributed by atoms with Crippen molar-refractivity contribution in [2.45, 2.75) is 53.1 Å². The lowest BCUT2D eigenvalue weighted by atomic mass is 9.78. The molecular formula is C13H27NO. The summed E-state index contributed by atoms with van der Waals surface area (Å²) < 4.78 is 0. The van der Waals surface area contributed by atoms with Crippen LogP contribution in [0.4, 0.5) is 0 Å². The van der Waals surface area contributed by atoms with Gasteiger partial charge in [0.2, 0.25) is 0 Å². The molecule has 0 aromatic carbocycles. The number of likely N-dealkylation sites (tertiary alicyclic amines) is 1. The summed E-state index contributed by atoms with van der Waals surface area (Å²) in [5.74, 6) is 0.379. The zero-order valence-corrected chi connectivity index (χ0v) is 10.8. The number of hydrogen-bond donors (Lipinski definition) is 1. The first-order valence-electron chi connectivity index (χ1n) is 6.37. The normalized spacial score (nSPS) is 24.4. The Morgan fingerprint density at radius 2 is 1.80 bits per heavy atom. The van der Waals surface area contributed by atoms with Gasteiger partial charge in [0.05, 0.1) is 6.10 Å². The number of aliphatic hydroxyl groups is 1. The smallest absolute Gasteiger partial charge is 0.0689 e. The van der Waals surface area contributed by atoms with Crippen LogP contribution >= 0.6 is 0 Å². The van der Waals surface area contributed by atoms with E-state index in [1.807, 2.05) is 0 Å². The van der Waals surface area contributed by atoms with Crippen LogP contribution in [0.1, 0.15) is 47.0 Å². The Morgan fingerprint density at radius 1 is 1.27 bits per heavy atom. The Labute approximate surface area is 94.7 Å². The summed E-state index contributed by atoms with van der Waals surface area (Å²) >= 11 is 0. The molecule has 0 aliphatic carbocycles. The standard InChI is InChI=1S/C13H27NO/c1-5-13(4)6-8-14(9-7-13)10-12(15)11(2)3/h11-12,15H,5-10H2,1-4H3. The Hall–Kier alpha value is -0.0800. The van der Waals surface area contributed by atoms with Gasteiger partial charge in [-0.3, -0.25) is 0 Å². The van der Waals surface area contributed by atoms with E-state index in [0.29, 0.717) is 11.3 Å². The molecule has 0 spiro atoms. The van der Waals surface area contributed by atoms with Crippen LogP contribution in [-0.2, 0) is 0 Å². The highest BCUT2D eigenvalue weighted by Crippen LogP contribution is 2.33. The van der Waals surface area contributed by atoms with Gasteiger partial charge in [-0.25, -0.2) is 0 Å². The highest BCUT2D eigenvalue weighted by Gasteiger charge is 2.29. The summed E-state index contributed by atoms with van der Waals surface area (Å²) in [6.07, 6.45) is 3.70. The third-order valence-corrected chi connectivity index (χ3v) is 4.13. The summed E-state index contributed by atoms with van der Waals surface area (Å²) in [4.78, 5) is 2.42. The van der Waals surface area contributed by atoms with Crippen molar-refractivity contribution in [3.05, 3.63) is 0 Å². The van der Waals surface area contributed by atoms with Gasteiger partial charge in [-0.2, -0.15) is 0 Å². The molecule has 0 amide bonds. The highest BCUT2D eigenvalue weighted by molar-refractivity contribution is 4.82. The average molecular weight is 213 g/mol. The fraction of sp³-hybridized carbons (Fsp3) is 1.00. The first-order valence-corrected chi connectivity index (χ1v) is 6.37. The first kappa shape index (κ1) is 13.0. The fourth-order valence-corrected chi connectivity index (χ4v) is 2.10. The van der Waals surface area contributed by atoms with E-state index in [1.165, 1.54) is 19.3 Å². The molecule has 2 heteroatoms. The molecule has 0 aromatic heterocycles.